The number of aromatic nitrogens is 2. The molecule has 1 amide bonds. The third-order valence-electron chi connectivity index (χ3n) is 6.00. The van der Waals surface area contributed by atoms with Crippen molar-refractivity contribution in [2.45, 2.75) is 26.7 Å². The smallest absolute Gasteiger partial charge is 0.407 e. The summed E-state index contributed by atoms with van der Waals surface area (Å²) in [5, 5.41) is 20.5. The Morgan fingerprint density at radius 2 is 2.06 bits per heavy atom. The fourth-order valence-electron chi connectivity index (χ4n) is 4.37. The number of benzene rings is 2. The highest BCUT2D eigenvalue weighted by molar-refractivity contribution is 5.92. The van der Waals surface area contributed by atoms with E-state index in [1.807, 2.05) is 32.0 Å². The van der Waals surface area contributed by atoms with E-state index >= 15 is 0 Å². The van der Waals surface area contributed by atoms with Crippen LogP contribution in [-0.4, -0.2) is 57.4 Å². The van der Waals surface area contributed by atoms with Gasteiger partial charge in [0, 0.05) is 31.6 Å². The highest BCUT2D eigenvalue weighted by Gasteiger charge is 2.26. The molecule has 7 nitrogen and oxygen atoms in total. The molecule has 9 heteroatoms. The molecule has 33 heavy (non-hydrogen) atoms. The molecule has 1 saturated heterocycles. The number of fused-ring (bicyclic) bond motifs is 1. The first-order valence-corrected chi connectivity index (χ1v) is 10.9. The van der Waals surface area contributed by atoms with Crippen molar-refractivity contribution in [1.82, 2.24) is 14.9 Å². The molecule has 0 spiro atoms. The number of piperidine rings is 1. The van der Waals surface area contributed by atoms with E-state index in [1.165, 1.54) is 23.1 Å². The van der Waals surface area contributed by atoms with Crippen molar-refractivity contribution < 1.29 is 19.4 Å². The van der Waals surface area contributed by atoms with Crippen molar-refractivity contribution in [3.05, 3.63) is 47.8 Å². The lowest BCUT2D eigenvalue weighted by Crippen LogP contribution is -2.43. The van der Waals surface area contributed by atoms with Crippen molar-refractivity contribution in [1.29, 1.82) is 0 Å². The molecule has 0 unspecified atom stereocenters. The Balaban J connectivity index is 0.00000306. The summed E-state index contributed by atoms with van der Waals surface area (Å²) in [7, 11) is 0. The van der Waals surface area contributed by atoms with Gasteiger partial charge >= 0.3 is 6.09 Å². The number of aryl methyl sites for hydroxylation is 1. The predicted molar refractivity (Wildman–Crippen MR) is 129 cm³/mol. The second-order valence-electron chi connectivity index (χ2n) is 8.30. The zero-order chi connectivity index (χ0) is 22.8. The molecule has 0 radical (unpaired) electrons. The SMILES string of the molecule is CCN(C[C@H]1CCCN(c2nc(-c3c(O)cccc3F)nc3cc(C)ccc23)C1)C(=O)O.Cl. The van der Waals surface area contributed by atoms with E-state index in [4.69, 9.17) is 4.98 Å². The molecule has 1 aromatic heterocycles. The lowest BCUT2D eigenvalue weighted by Gasteiger charge is -2.36. The number of carboxylic acid groups (broad SMARTS) is 1. The van der Waals surface area contributed by atoms with Gasteiger partial charge in [-0.05, 0) is 62.4 Å². The lowest BCUT2D eigenvalue weighted by atomic mass is 9.97. The molecule has 2 N–H and O–H groups in total. The molecule has 1 aliphatic heterocycles. The molecule has 1 atom stereocenters. The number of amides is 1. The predicted octanol–water partition coefficient (Wildman–Crippen LogP) is 5.09. The molecule has 0 saturated carbocycles. The Hall–Kier alpha value is -3.13. The molecule has 1 fully saturated rings. The van der Waals surface area contributed by atoms with Gasteiger partial charge in [0.25, 0.3) is 0 Å². The first kappa shape index (κ1) is 24.5. The Bertz CT molecular complexity index is 1140. The monoisotopic (exact) mass is 474 g/mol. The van der Waals surface area contributed by atoms with Gasteiger partial charge in [-0.3, -0.25) is 0 Å². The molecule has 0 bridgehead atoms. The third kappa shape index (κ3) is 5.11. The second-order valence-corrected chi connectivity index (χ2v) is 8.30. The fraction of sp³-hybridized carbons (Fsp3) is 0.375. The van der Waals surface area contributed by atoms with Crippen LogP contribution in [-0.2, 0) is 0 Å². The highest BCUT2D eigenvalue weighted by Crippen LogP contribution is 2.35. The van der Waals surface area contributed by atoms with E-state index in [0.717, 1.165) is 30.3 Å². The maximum Gasteiger partial charge on any atom is 0.407 e. The summed E-state index contributed by atoms with van der Waals surface area (Å²) < 4.78 is 14.6. The molecule has 176 valence electrons. The summed E-state index contributed by atoms with van der Waals surface area (Å²) in [6.45, 7) is 6.11. The number of carbonyl (C=O) groups is 1. The van der Waals surface area contributed by atoms with Crippen LogP contribution < -0.4 is 4.90 Å². The number of aromatic hydroxyl groups is 1. The average Bonchev–Trinajstić information content (AvgIpc) is 2.76. The van der Waals surface area contributed by atoms with E-state index in [0.29, 0.717) is 31.0 Å². The van der Waals surface area contributed by atoms with E-state index in [-0.39, 0.29) is 35.5 Å². The molecular formula is C24H28ClFN4O3. The van der Waals surface area contributed by atoms with Gasteiger partial charge < -0.3 is 20.0 Å². The van der Waals surface area contributed by atoms with Crippen LogP contribution in [0, 0.1) is 18.7 Å². The second kappa shape index (κ2) is 10.2. The number of anilines is 1. The van der Waals surface area contributed by atoms with Gasteiger partial charge in [-0.25, -0.2) is 19.2 Å². The van der Waals surface area contributed by atoms with E-state index in [2.05, 4.69) is 9.88 Å². The molecule has 4 rings (SSSR count). The molecule has 1 aliphatic rings. The topological polar surface area (TPSA) is 89.8 Å². The number of phenolic OH excluding ortho intramolecular Hbond substituents is 1. The van der Waals surface area contributed by atoms with Crippen molar-refractivity contribution in [2.75, 3.05) is 31.1 Å². The first-order chi connectivity index (χ1) is 15.4. The maximum absolute atomic E-state index is 14.6. The number of hydrogen-bond acceptors (Lipinski definition) is 5. The van der Waals surface area contributed by atoms with Crippen molar-refractivity contribution in [3.63, 3.8) is 0 Å². The largest absolute Gasteiger partial charge is 0.507 e. The Morgan fingerprint density at radius 1 is 1.27 bits per heavy atom. The number of hydrogen-bond donors (Lipinski definition) is 2. The van der Waals surface area contributed by atoms with Crippen molar-refractivity contribution in [3.8, 4) is 17.1 Å². The Kier molecular flexibility index (Phi) is 7.58. The molecular weight excluding hydrogens is 447 g/mol. The Labute approximate surface area is 198 Å². The maximum atomic E-state index is 14.6. The summed E-state index contributed by atoms with van der Waals surface area (Å²) in [6, 6.07) is 10.0. The van der Waals surface area contributed by atoms with Gasteiger partial charge in [-0.15, -0.1) is 12.4 Å². The van der Waals surface area contributed by atoms with Gasteiger partial charge in [-0.2, -0.15) is 0 Å². The number of nitrogens with zero attached hydrogens (tertiary/aromatic N) is 4. The van der Waals surface area contributed by atoms with Crippen LogP contribution in [0.1, 0.15) is 25.3 Å². The molecule has 2 aromatic carbocycles. The quantitative estimate of drug-likeness (QED) is 0.535. The van der Waals surface area contributed by atoms with Crippen LogP contribution in [0.25, 0.3) is 22.3 Å². The third-order valence-corrected chi connectivity index (χ3v) is 6.00. The minimum atomic E-state index is -0.912. The summed E-state index contributed by atoms with van der Waals surface area (Å²) in [4.78, 5) is 24.3. The summed E-state index contributed by atoms with van der Waals surface area (Å²) in [5.41, 5.74) is 1.67. The van der Waals surface area contributed by atoms with Gasteiger partial charge in [-0.1, -0.05) is 12.1 Å². The van der Waals surface area contributed by atoms with Crippen LogP contribution in [0.15, 0.2) is 36.4 Å². The van der Waals surface area contributed by atoms with Crippen LogP contribution in [0.5, 0.6) is 5.75 Å². The minimum absolute atomic E-state index is 0. The Morgan fingerprint density at radius 3 is 2.76 bits per heavy atom. The van der Waals surface area contributed by atoms with Gasteiger partial charge in [0.15, 0.2) is 5.82 Å². The number of rotatable bonds is 5. The van der Waals surface area contributed by atoms with Crippen molar-refractivity contribution in [2.24, 2.45) is 5.92 Å². The average molecular weight is 475 g/mol. The normalized spacial score (nSPS) is 15.8. The summed E-state index contributed by atoms with van der Waals surface area (Å²) in [5.74, 6) is 0.187. The summed E-state index contributed by atoms with van der Waals surface area (Å²) in [6.07, 6.45) is 0.924. The zero-order valence-corrected chi connectivity index (χ0v) is 19.5. The molecule has 3 aromatic rings. The minimum Gasteiger partial charge on any atom is -0.507 e. The standard InChI is InChI=1S/C24H27FN4O3.ClH/c1-3-28(24(31)32)13-16-6-5-11-29(14-16)23-17-10-9-15(2)12-19(17)26-22(27-23)21-18(25)7-4-8-20(21)30;/h4,7-10,12,16,30H,3,5-6,11,13-14H2,1-2H3,(H,31,32);1H/t16-;/m1./s1. The highest BCUT2D eigenvalue weighted by atomic mass is 35.5. The van der Waals surface area contributed by atoms with Gasteiger partial charge in [0.2, 0.25) is 0 Å². The van der Waals surface area contributed by atoms with Crippen LogP contribution >= 0.6 is 12.4 Å². The zero-order valence-electron chi connectivity index (χ0n) is 18.7. The summed E-state index contributed by atoms with van der Waals surface area (Å²) >= 11 is 0. The van der Waals surface area contributed by atoms with Gasteiger partial charge in [0.05, 0.1) is 11.1 Å². The van der Waals surface area contributed by atoms with E-state index < -0.39 is 11.9 Å². The molecule has 2 heterocycles. The first-order valence-electron chi connectivity index (χ1n) is 10.9. The van der Waals surface area contributed by atoms with Crippen LogP contribution in [0.3, 0.4) is 0 Å². The molecule has 0 aliphatic carbocycles. The van der Waals surface area contributed by atoms with E-state index in [9.17, 15) is 19.4 Å². The van der Waals surface area contributed by atoms with Gasteiger partial charge in [0.1, 0.15) is 17.4 Å². The lowest BCUT2D eigenvalue weighted by molar-refractivity contribution is 0.137. The fourth-order valence-corrected chi connectivity index (χ4v) is 4.37. The van der Waals surface area contributed by atoms with Crippen LogP contribution in [0.2, 0.25) is 0 Å². The number of phenols is 1. The van der Waals surface area contributed by atoms with Crippen LogP contribution in [0.4, 0.5) is 15.0 Å². The number of halogens is 2. The van der Waals surface area contributed by atoms with Crippen molar-refractivity contribution >= 4 is 35.2 Å². The van der Waals surface area contributed by atoms with E-state index in [1.54, 1.807) is 0 Å².